The minimum Gasteiger partial charge on any atom is -0.322 e. The van der Waals surface area contributed by atoms with Gasteiger partial charge in [-0.25, -0.2) is 0 Å². The number of amides is 1. The summed E-state index contributed by atoms with van der Waals surface area (Å²) in [4.78, 5) is 23.1. The topological polar surface area (TPSA) is 89.3 Å². The molecule has 22 heavy (non-hydrogen) atoms. The van der Waals surface area contributed by atoms with Crippen LogP contribution in [0.5, 0.6) is 0 Å². The third kappa shape index (κ3) is 3.56. The molecule has 2 aromatic carbocycles. The van der Waals surface area contributed by atoms with Crippen molar-refractivity contribution in [3.8, 4) is 0 Å². The van der Waals surface area contributed by atoms with Gasteiger partial charge in [-0.05, 0) is 37.3 Å². The van der Waals surface area contributed by atoms with Gasteiger partial charge in [0.15, 0.2) is 0 Å². The largest absolute Gasteiger partial charge is 0.322 e. The van der Waals surface area contributed by atoms with Crippen molar-refractivity contribution >= 4 is 28.1 Å². The molecule has 6 nitrogen and oxygen atoms in total. The van der Waals surface area contributed by atoms with E-state index in [1.807, 2.05) is 0 Å². The molecular formula is C15H14N2O4S. The van der Waals surface area contributed by atoms with Crippen molar-refractivity contribution in [1.29, 1.82) is 0 Å². The average molecular weight is 318 g/mol. The molecule has 0 saturated carbocycles. The Kier molecular flexibility index (Phi) is 4.67. The fourth-order valence-electron chi connectivity index (χ4n) is 1.89. The van der Waals surface area contributed by atoms with Crippen molar-refractivity contribution in [1.82, 2.24) is 0 Å². The Balaban J connectivity index is 2.20. The smallest absolute Gasteiger partial charge is 0.274 e. The van der Waals surface area contributed by atoms with Crippen LogP contribution in [0.4, 0.5) is 11.4 Å². The lowest BCUT2D eigenvalue weighted by Crippen LogP contribution is -2.12. The summed E-state index contributed by atoms with van der Waals surface area (Å²) in [7, 11) is -1.11. The van der Waals surface area contributed by atoms with Crippen LogP contribution in [0.25, 0.3) is 0 Å². The molecular weight excluding hydrogens is 304 g/mol. The SMILES string of the molecule is Cc1ccc(NC(=O)c2ccc([S@](C)=O)cc2)cc1[N+](=O)[O-]. The number of nitrogens with one attached hydrogen (secondary N) is 1. The van der Waals surface area contributed by atoms with Gasteiger partial charge in [-0.15, -0.1) is 0 Å². The number of benzene rings is 2. The summed E-state index contributed by atoms with van der Waals surface area (Å²) in [5.41, 5.74) is 1.22. The highest BCUT2D eigenvalue weighted by atomic mass is 32.2. The monoisotopic (exact) mass is 318 g/mol. The molecule has 0 radical (unpaired) electrons. The molecule has 114 valence electrons. The number of nitro benzene ring substituents is 1. The summed E-state index contributed by atoms with van der Waals surface area (Å²) in [6.45, 7) is 1.63. The molecule has 0 aliphatic carbocycles. The number of nitrogens with zero attached hydrogens (tertiary/aromatic N) is 1. The molecule has 2 aromatic rings. The van der Waals surface area contributed by atoms with Crippen LogP contribution in [0.2, 0.25) is 0 Å². The van der Waals surface area contributed by atoms with Crippen LogP contribution in [0, 0.1) is 17.0 Å². The number of hydrogen-bond acceptors (Lipinski definition) is 4. The van der Waals surface area contributed by atoms with Gasteiger partial charge in [0.25, 0.3) is 11.6 Å². The molecule has 0 heterocycles. The van der Waals surface area contributed by atoms with Gasteiger partial charge in [0, 0.05) is 44.8 Å². The molecule has 0 bridgehead atoms. The highest BCUT2D eigenvalue weighted by molar-refractivity contribution is 7.84. The highest BCUT2D eigenvalue weighted by Crippen LogP contribution is 2.22. The standard InChI is InChI=1S/C15H14N2O4S/c1-10-3-6-12(9-14(10)17(19)20)16-15(18)11-4-7-13(8-5-11)22(2)21/h3-9H,1-2H3,(H,16,18)/t22-/m0/s1. The second kappa shape index (κ2) is 6.48. The van der Waals surface area contributed by atoms with Crippen LogP contribution < -0.4 is 5.32 Å². The van der Waals surface area contributed by atoms with Crippen LogP contribution >= 0.6 is 0 Å². The number of rotatable bonds is 4. The van der Waals surface area contributed by atoms with E-state index in [0.29, 0.717) is 21.7 Å². The second-order valence-corrected chi connectivity index (χ2v) is 6.07. The van der Waals surface area contributed by atoms with Gasteiger partial charge >= 0.3 is 0 Å². The van der Waals surface area contributed by atoms with Crippen LogP contribution in [-0.4, -0.2) is 21.3 Å². The van der Waals surface area contributed by atoms with Crippen molar-refractivity contribution in [2.45, 2.75) is 11.8 Å². The lowest BCUT2D eigenvalue weighted by molar-refractivity contribution is -0.385. The first-order chi connectivity index (χ1) is 10.4. The first-order valence-electron chi connectivity index (χ1n) is 6.38. The Morgan fingerprint density at radius 2 is 1.82 bits per heavy atom. The minimum atomic E-state index is -1.11. The summed E-state index contributed by atoms with van der Waals surface area (Å²) in [6, 6.07) is 10.9. The molecule has 0 fully saturated rings. The van der Waals surface area contributed by atoms with E-state index in [9.17, 15) is 19.1 Å². The predicted octanol–water partition coefficient (Wildman–Crippen LogP) is 2.89. The number of carbonyl (C=O) groups excluding carboxylic acids is 1. The summed E-state index contributed by atoms with van der Waals surface area (Å²) in [5, 5.41) is 13.5. The van der Waals surface area contributed by atoms with Crippen molar-refractivity contribution < 1.29 is 13.9 Å². The Labute approximate surface area is 129 Å². The maximum Gasteiger partial charge on any atom is 0.274 e. The molecule has 7 heteroatoms. The lowest BCUT2D eigenvalue weighted by Gasteiger charge is -2.06. The van der Waals surface area contributed by atoms with E-state index in [2.05, 4.69) is 5.32 Å². The second-order valence-electron chi connectivity index (χ2n) is 4.69. The van der Waals surface area contributed by atoms with E-state index in [1.54, 1.807) is 49.6 Å². The summed E-state index contributed by atoms with van der Waals surface area (Å²) < 4.78 is 11.3. The molecule has 1 atom stereocenters. The van der Waals surface area contributed by atoms with Crippen LogP contribution in [0.1, 0.15) is 15.9 Å². The fraction of sp³-hybridized carbons (Fsp3) is 0.133. The van der Waals surface area contributed by atoms with Crippen LogP contribution in [0.3, 0.4) is 0 Å². The van der Waals surface area contributed by atoms with Crippen LogP contribution in [0.15, 0.2) is 47.4 Å². The van der Waals surface area contributed by atoms with E-state index in [4.69, 9.17) is 0 Å². The Hall–Kier alpha value is -2.54. The molecule has 0 unspecified atom stereocenters. The normalized spacial score (nSPS) is 11.7. The number of nitro groups is 1. The van der Waals surface area contributed by atoms with Gasteiger partial charge in [0.2, 0.25) is 0 Å². The van der Waals surface area contributed by atoms with E-state index < -0.39 is 15.7 Å². The number of hydrogen-bond donors (Lipinski definition) is 1. The predicted molar refractivity (Wildman–Crippen MR) is 84.6 cm³/mol. The Bertz CT molecular complexity index is 757. The maximum atomic E-state index is 12.1. The van der Waals surface area contributed by atoms with Crippen molar-refractivity contribution in [3.63, 3.8) is 0 Å². The Morgan fingerprint density at radius 1 is 1.18 bits per heavy atom. The van der Waals surface area contributed by atoms with E-state index in [0.717, 1.165) is 0 Å². The van der Waals surface area contributed by atoms with Gasteiger partial charge in [0.1, 0.15) is 0 Å². The van der Waals surface area contributed by atoms with Gasteiger partial charge in [-0.3, -0.25) is 19.1 Å². The van der Waals surface area contributed by atoms with Gasteiger partial charge in [-0.1, -0.05) is 6.07 Å². The molecule has 1 N–H and O–H groups in total. The van der Waals surface area contributed by atoms with Crippen molar-refractivity contribution in [2.75, 3.05) is 11.6 Å². The number of anilines is 1. The quantitative estimate of drug-likeness (QED) is 0.693. The first-order valence-corrected chi connectivity index (χ1v) is 7.94. The molecule has 0 aliphatic heterocycles. The van der Waals surface area contributed by atoms with Crippen molar-refractivity contribution in [2.24, 2.45) is 0 Å². The number of carbonyl (C=O) groups is 1. The average Bonchev–Trinajstić information content (AvgIpc) is 2.49. The minimum absolute atomic E-state index is 0.0467. The molecule has 0 saturated heterocycles. The molecule has 0 spiro atoms. The fourth-order valence-corrected chi connectivity index (χ4v) is 2.40. The molecule has 0 aliphatic rings. The molecule has 0 aromatic heterocycles. The first kappa shape index (κ1) is 15.8. The summed E-state index contributed by atoms with van der Waals surface area (Å²) in [5.74, 6) is -0.383. The lowest BCUT2D eigenvalue weighted by atomic mass is 10.1. The van der Waals surface area contributed by atoms with Gasteiger partial charge < -0.3 is 5.32 Å². The Morgan fingerprint density at radius 3 is 2.36 bits per heavy atom. The summed E-state index contributed by atoms with van der Waals surface area (Å²) >= 11 is 0. The van der Waals surface area contributed by atoms with E-state index >= 15 is 0 Å². The zero-order valence-corrected chi connectivity index (χ0v) is 12.8. The van der Waals surface area contributed by atoms with E-state index in [1.165, 1.54) is 6.07 Å². The highest BCUT2D eigenvalue weighted by Gasteiger charge is 2.13. The van der Waals surface area contributed by atoms with Crippen LogP contribution in [-0.2, 0) is 10.8 Å². The maximum absolute atomic E-state index is 12.1. The summed E-state index contributed by atoms with van der Waals surface area (Å²) in [6.07, 6.45) is 1.56. The number of aryl methyl sites for hydroxylation is 1. The zero-order chi connectivity index (χ0) is 16.3. The molecule has 2 rings (SSSR count). The third-order valence-electron chi connectivity index (χ3n) is 3.11. The van der Waals surface area contributed by atoms with Crippen molar-refractivity contribution in [3.05, 3.63) is 63.7 Å². The molecule has 1 amide bonds. The van der Waals surface area contributed by atoms with Gasteiger partial charge in [-0.2, -0.15) is 0 Å². The van der Waals surface area contributed by atoms with E-state index in [-0.39, 0.29) is 11.6 Å². The third-order valence-corrected chi connectivity index (χ3v) is 4.05. The zero-order valence-electron chi connectivity index (χ0n) is 12.0. The van der Waals surface area contributed by atoms with Gasteiger partial charge in [0.05, 0.1) is 4.92 Å².